The number of esters is 1. The Morgan fingerprint density at radius 1 is 1.32 bits per heavy atom. The number of carbonyl (C=O) groups is 3. The van der Waals surface area contributed by atoms with Gasteiger partial charge in [-0.15, -0.1) is 0 Å². The Labute approximate surface area is 164 Å². The number of hydrogen-bond acceptors (Lipinski definition) is 4. The molecule has 1 saturated heterocycles. The quantitative estimate of drug-likeness (QED) is 0.659. The molecule has 0 aromatic heterocycles. The molecule has 0 saturated carbocycles. The normalized spacial score (nSPS) is 16.9. The van der Waals surface area contributed by atoms with Crippen molar-refractivity contribution >= 4 is 23.5 Å². The number of likely N-dealkylation sites (N-methyl/N-ethyl adjacent to an activating group) is 1. The number of amides is 2. The minimum absolute atomic E-state index is 0.0432. The van der Waals surface area contributed by atoms with Gasteiger partial charge in [0, 0.05) is 18.8 Å². The molecular formula is C20H29FN3O4+. The maximum Gasteiger partial charge on any atom is 0.309 e. The average Bonchev–Trinajstić information content (AvgIpc) is 2.67. The predicted octanol–water partition coefficient (Wildman–Crippen LogP) is 0.469. The molecule has 2 rings (SSSR count). The number of halogens is 1. The van der Waals surface area contributed by atoms with E-state index in [4.69, 9.17) is 4.74 Å². The highest BCUT2D eigenvalue weighted by molar-refractivity contribution is 5.91. The third-order valence-corrected chi connectivity index (χ3v) is 5.08. The SMILES string of the molecule is CCOC(=O)C1CCN(C(=O)[C@H](C)[NH+](C)CC(=O)Nc2cccc(F)c2)CC1. The molecule has 2 atom stereocenters. The molecule has 0 aliphatic carbocycles. The number of nitrogens with one attached hydrogen (secondary N) is 2. The van der Waals surface area contributed by atoms with E-state index in [1.54, 1.807) is 31.9 Å². The number of anilines is 1. The van der Waals surface area contributed by atoms with Gasteiger partial charge in [0.2, 0.25) is 0 Å². The summed E-state index contributed by atoms with van der Waals surface area (Å²) < 4.78 is 18.3. The fraction of sp³-hybridized carbons (Fsp3) is 0.550. The third-order valence-electron chi connectivity index (χ3n) is 5.08. The first kappa shape index (κ1) is 21.8. The Morgan fingerprint density at radius 3 is 2.61 bits per heavy atom. The first-order chi connectivity index (χ1) is 13.3. The molecule has 154 valence electrons. The molecular weight excluding hydrogens is 365 g/mol. The molecule has 1 aromatic carbocycles. The second kappa shape index (κ2) is 10.2. The summed E-state index contributed by atoms with van der Waals surface area (Å²) in [5.74, 6) is -1.10. The van der Waals surface area contributed by atoms with Crippen LogP contribution in [-0.2, 0) is 19.1 Å². The molecule has 2 amide bonds. The van der Waals surface area contributed by atoms with Gasteiger partial charge in [0.05, 0.1) is 19.6 Å². The summed E-state index contributed by atoms with van der Waals surface area (Å²) in [7, 11) is 1.78. The van der Waals surface area contributed by atoms with Crippen molar-refractivity contribution in [2.45, 2.75) is 32.7 Å². The van der Waals surface area contributed by atoms with Crippen LogP contribution in [0.5, 0.6) is 0 Å². The molecule has 0 bridgehead atoms. The number of likely N-dealkylation sites (tertiary alicyclic amines) is 1. The van der Waals surface area contributed by atoms with Crippen LogP contribution in [0.15, 0.2) is 24.3 Å². The fourth-order valence-corrected chi connectivity index (χ4v) is 3.26. The molecule has 8 heteroatoms. The van der Waals surface area contributed by atoms with Crippen LogP contribution in [0.3, 0.4) is 0 Å². The maximum atomic E-state index is 13.2. The molecule has 1 aliphatic rings. The highest BCUT2D eigenvalue weighted by Crippen LogP contribution is 2.19. The number of quaternary nitrogens is 1. The van der Waals surface area contributed by atoms with E-state index in [2.05, 4.69) is 5.32 Å². The minimum atomic E-state index is -0.423. The smallest absolute Gasteiger partial charge is 0.309 e. The van der Waals surface area contributed by atoms with E-state index >= 15 is 0 Å². The van der Waals surface area contributed by atoms with Gasteiger partial charge in [0.15, 0.2) is 12.6 Å². The zero-order valence-electron chi connectivity index (χ0n) is 16.7. The van der Waals surface area contributed by atoms with Crippen LogP contribution in [0.4, 0.5) is 10.1 Å². The first-order valence-corrected chi connectivity index (χ1v) is 9.65. The van der Waals surface area contributed by atoms with E-state index in [1.165, 1.54) is 18.2 Å². The Morgan fingerprint density at radius 2 is 2.00 bits per heavy atom. The van der Waals surface area contributed by atoms with Gasteiger partial charge in [-0.3, -0.25) is 14.4 Å². The summed E-state index contributed by atoms with van der Waals surface area (Å²) in [6.45, 7) is 5.03. The van der Waals surface area contributed by atoms with Crippen molar-refractivity contribution in [3.8, 4) is 0 Å². The van der Waals surface area contributed by atoms with Gasteiger partial charge in [-0.25, -0.2) is 4.39 Å². The van der Waals surface area contributed by atoms with Crippen molar-refractivity contribution in [1.29, 1.82) is 0 Å². The van der Waals surface area contributed by atoms with Crippen molar-refractivity contribution in [1.82, 2.24) is 4.90 Å². The molecule has 0 spiro atoms. The minimum Gasteiger partial charge on any atom is -0.466 e. The van der Waals surface area contributed by atoms with E-state index in [1.807, 2.05) is 0 Å². The van der Waals surface area contributed by atoms with Crippen LogP contribution in [-0.4, -0.2) is 62.0 Å². The van der Waals surface area contributed by atoms with Crippen molar-refractivity contribution < 1.29 is 28.4 Å². The lowest BCUT2D eigenvalue weighted by Crippen LogP contribution is -3.15. The molecule has 0 radical (unpaired) electrons. The standard InChI is InChI=1S/C20H28FN3O4/c1-4-28-20(27)15-8-10-24(11-9-15)19(26)14(2)23(3)13-18(25)22-17-7-5-6-16(21)12-17/h5-7,12,14-15H,4,8-11,13H2,1-3H3,(H,22,25)/p+1/t14-/m0/s1. The number of benzene rings is 1. The van der Waals surface area contributed by atoms with Crippen LogP contribution in [0.1, 0.15) is 26.7 Å². The molecule has 28 heavy (non-hydrogen) atoms. The largest absolute Gasteiger partial charge is 0.466 e. The van der Waals surface area contributed by atoms with Crippen LogP contribution in [0.25, 0.3) is 0 Å². The van der Waals surface area contributed by atoms with Crippen molar-refractivity contribution in [3.63, 3.8) is 0 Å². The first-order valence-electron chi connectivity index (χ1n) is 9.65. The fourth-order valence-electron chi connectivity index (χ4n) is 3.26. The summed E-state index contributed by atoms with van der Waals surface area (Å²) in [6.07, 6.45) is 1.19. The van der Waals surface area contributed by atoms with Gasteiger partial charge in [0.1, 0.15) is 5.82 Å². The lowest BCUT2D eigenvalue weighted by molar-refractivity contribution is -0.886. The van der Waals surface area contributed by atoms with Gasteiger partial charge in [-0.05, 0) is 44.9 Å². The summed E-state index contributed by atoms with van der Waals surface area (Å²) in [5.41, 5.74) is 0.387. The van der Waals surface area contributed by atoms with E-state index in [9.17, 15) is 18.8 Å². The summed E-state index contributed by atoms with van der Waals surface area (Å²) in [5, 5.41) is 2.64. The zero-order chi connectivity index (χ0) is 20.7. The van der Waals surface area contributed by atoms with E-state index in [0.717, 1.165) is 4.90 Å². The Kier molecular flexibility index (Phi) is 7.92. The van der Waals surface area contributed by atoms with Gasteiger partial charge in [-0.1, -0.05) is 6.07 Å². The van der Waals surface area contributed by atoms with E-state index in [-0.39, 0.29) is 30.2 Å². The zero-order valence-corrected chi connectivity index (χ0v) is 16.7. The average molecular weight is 394 g/mol. The van der Waals surface area contributed by atoms with Crippen molar-refractivity contribution in [2.24, 2.45) is 5.92 Å². The number of carbonyl (C=O) groups excluding carboxylic acids is 3. The van der Waals surface area contributed by atoms with Crippen LogP contribution >= 0.6 is 0 Å². The van der Waals surface area contributed by atoms with Gasteiger partial charge < -0.3 is 19.9 Å². The summed E-state index contributed by atoms with van der Waals surface area (Å²) >= 11 is 0. The molecule has 1 unspecified atom stereocenters. The Bertz CT molecular complexity index is 704. The van der Waals surface area contributed by atoms with Crippen molar-refractivity contribution in [2.75, 3.05) is 38.6 Å². The molecule has 1 heterocycles. The molecule has 2 N–H and O–H groups in total. The Balaban J connectivity index is 1.82. The molecule has 7 nitrogen and oxygen atoms in total. The summed E-state index contributed by atoms with van der Waals surface area (Å²) in [4.78, 5) is 39.2. The van der Waals surface area contributed by atoms with Gasteiger partial charge in [-0.2, -0.15) is 0 Å². The number of hydrogen-bond donors (Lipinski definition) is 2. The highest BCUT2D eigenvalue weighted by atomic mass is 19.1. The van der Waals surface area contributed by atoms with Crippen LogP contribution < -0.4 is 10.2 Å². The van der Waals surface area contributed by atoms with E-state index in [0.29, 0.717) is 38.2 Å². The second-order valence-electron chi connectivity index (χ2n) is 7.15. The van der Waals surface area contributed by atoms with Crippen LogP contribution in [0, 0.1) is 11.7 Å². The monoisotopic (exact) mass is 394 g/mol. The van der Waals surface area contributed by atoms with Crippen molar-refractivity contribution in [3.05, 3.63) is 30.1 Å². The van der Waals surface area contributed by atoms with E-state index < -0.39 is 11.9 Å². The molecule has 1 fully saturated rings. The second-order valence-corrected chi connectivity index (χ2v) is 7.15. The molecule has 1 aliphatic heterocycles. The molecule has 1 aromatic rings. The van der Waals surface area contributed by atoms with Gasteiger partial charge in [0.25, 0.3) is 11.8 Å². The maximum absolute atomic E-state index is 13.2. The number of nitrogens with zero attached hydrogens (tertiary/aromatic N) is 1. The number of rotatable bonds is 7. The van der Waals surface area contributed by atoms with Crippen LogP contribution in [0.2, 0.25) is 0 Å². The van der Waals surface area contributed by atoms with Gasteiger partial charge >= 0.3 is 5.97 Å². The summed E-state index contributed by atoms with van der Waals surface area (Å²) in [6, 6.07) is 5.28. The number of piperidine rings is 1. The number of ether oxygens (including phenoxy) is 1. The Hall–Kier alpha value is -2.48. The highest BCUT2D eigenvalue weighted by Gasteiger charge is 2.33. The lowest BCUT2D eigenvalue weighted by Gasteiger charge is -2.33. The third kappa shape index (κ3) is 6.02. The lowest BCUT2D eigenvalue weighted by atomic mass is 9.96. The topological polar surface area (TPSA) is 80.2 Å². The predicted molar refractivity (Wildman–Crippen MR) is 102 cm³/mol.